The van der Waals surface area contributed by atoms with E-state index in [1.165, 1.54) is 30.4 Å². The molecule has 2 nitrogen and oxygen atoms in total. The third-order valence-electron chi connectivity index (χ3n) is 4.60. The summed E-state index contributed by atoms with van der Waals surface area (Å²) in [6, 6.07) is 2.29. The summed E-state index contributed by atoms with van der Waals surface area (Å²) in [4.78, 5) is 4.36. The Morgan fingerprint density at radius 2 is 2.11 bits per heavy atom. The molecule has 1 aromatic heterocycles. The van der Waals surface area contributed by atoms with Crippen molar-refractivity contribution in [3.63, 3.8) is 0 Å². The standard InChI is InChI=1S/C16H26N2/c1-11(2)13-4-5-14(8-17)16(7-13)15-6-12(3)9-18-10-15/h6,9-11,13-14,16H,4-5,7-8,17H2,1-3H3. The predicted octanol–water partition coefficient (Wildman–Crippen LogP) is 3.50. The molecule has 1 fully saturated rings. The third-order valence-corrected chi connectivity index (χ3v) is 4.60. The summed E-state index contributed by atoms with van der Waals surface area (Å²) in [7, 11) is 0. The fourth-order valence-corrected chi connectivity index (χ4v) is 3.34. The number of nitrogens with two attached hydrogens (primary N) is 1. The van der Waals surface area contributed by atoms with Gasteiger partial charge >= 0.3 is 0 Å². The van der Waals surface area contributed by atoms with Crippen molar-refractivity contribution in [3.05, 3.63) is 29.6 Å². The van der Waals surface area contributed by atoms with Gasteiger partial charge in [0.05, 0.1) is 0 Å². The van der Waals surface area contributed by atoms with Gasteiger partial charge < -0.3 is 5.73 Å². The molecule has 2 N–H and O–H groups in total. The van der Waals surface area contributed by atoms with Crippen LogP contribution in [-0.2, 0) is 0 Å². The first kappa shape index (κ1) is 13.5. The highest BCUT2D eigenvalue weighted by molar-refractivity contribution is 5.22. The second kappa shape index (κ2) is 5.83. The van der Waals surface area contributed by atoms with E-state index in [9.17, 15) is 0 Å². The van der Waals surface area contributed by atoms with Gasteiger partial charge in [0.15, 0.2) is 0 Å². The molecule has 1 heterocycles. The highest BCUT2D eigenvalue weighted by atomic mass is 14.6. The Morgan fingerprint density at radius 1 is 1.33 bits per heavy atom. The van der Waals surface area contributed by atoms with Crippen molar-refractivity contribution < 1.29 is 0 Å². The van der Waals surface area contributed by atoms with E-state index in [2.05, 4.69) is 31.8 Å². The summed E-state index contributed by atoms with van der Waals surface area (Å²) in [5.74, 6) is 2.88. The molecule has 0 amide bonds. The Bertz CT molecular complexity index is 386. The van der Waals surface area contributed by atoms with Crippen molar-refractivity contribution >= 4 is 0 Å². The van der Waals surface area contributed by atoms with E-state index in [1.54, 1.807) is 0 Å². The Hall–Kier alpha value is -0.890. The van der Waals surface area contributed by atoms with E-state index in [4.69, 9.17) is 5.73 Å². The minimum atomic E-state index is 0.614. The minimum absolute atomic E-state index is 0.614. The molecular weight excluding hydrogens is 220 g/mol. The molecule has 0 aromatic carbocycles. The van der Waals surface area contributed by atoms with Crippen LogP contribution in [-0.4, -0.2) is 11.5 Å². The van der Waals surface area contributed by atoms with Crippen LogP contribution in [0, 0.1) is 24.7 Å². The first-order chi connectivity index (χ1) is 8.61. The molecule has 2 rings (SSSR count). The molecule has 3 unspecified atom stereocenters. The van der Waals surface area contributed by atoms with Gasteiger partial charge in [-0.05, 0) is 67.5 Å². The van der Waals surface area contributed by atoms with E-state index in [0.717, 1.165) is 18.4 Å². The topological polar surface area (TPSA) is 38.9 Å². The molecule has 1 aromatic rings. The minimum Gasteiger partial charge on any atom is -0.330 e. The summed E-state index contributed by atoms with van der Waals surface area (Å²) >= 11 is 0. The number of hydrogen-bond donors (Lipinski definition) is 1. The van der Waals surface area contributed by atoms with Gasteiger partial charge in [-0.15, -0.1) is 0 Å². The maximum Gasteiger partial charge on any atom is 0.0303 e. The molecule has 2 heteroatoms. The molecule has 1 aliphatic carbocycles. The van der Waals surface area contributed by atoms with Gasteiger partial charge in [0.2, 0.25) is 0 Å². The Balaban J connectivity index is 2.20. The van der Waals surface area contributed by atoms with Crippen LogP contribution in [0.1, 0.15) is 50.2 Å². The Labute approximate surface area is 111 Å². The van der Waals surface area contributed by atoms with Crippen LogP contribution in [0.15, 0.2) is 18.5 Å². The molecular formula is C16H26N2. The van der Waals surface area contributed by atoms with Crippen molar-refractivity contribution in [3.8, 4) is 0 Å². The van der Waals surface area contributed by atoms with Gasteiger partial charge in [-0.2, -0.15) is 0 Å². The van der Waals surface area contributed by atoms with E-state index in [1.807, 2.05) is 12.4 Å². The Morgan fingerprint density at radius 3 is 2.72 bits per heavy atom. The highest BCUT2D eigenvalue weighted by Crippen LogP contribution is 2.42. The largest absolute Gasteiger partial charge is 0.330 e. The monoisotopic (exact) mass is 246 g/mol. The lowest BCUT2D eigenvalue weighted by molar-refractivity contribution is 0.197. The molecule has 0 bridgehead atoms. The van der Waals surface area contributed by atoms with Crippen molar-refractivity contribution in [1.29, 1.82) is 0 Å². The summed E-state index contributed by atoms with van der Waals surface area (Å²) in [5, 5.41) is 0. The number of rotatable bonds is 3. The second-order valence-corrected chi connectivity index (χ2v) is 6.22. The molecule has 0 spiro atoms. The summed E-state index contributed by atoms with van der Waals surface area (Å²) in [6.07, 6.45) is 7.88. The molecule has 100 valence electrons. The Kier molecular flexibility index (Phi) is 4.39. The molecule has 0 radical (unpaired) electrons. The smallest absolute Gasteiger partial charge is 0.0303 e. The van der Waals surface area contributed by atoms with Gasteiger partial charge in [0, 0.05) is 12.4 Å². The fourth-order valence-electron chi connectivity index (χ4n) is 3.34. The highest BCUT2D eigenvalue weighted by Gasteiger charge is 2.32. The number of aryl methyl sites for hydroxylation is 1. The predicted molar refractivity (Wildman–Crippen MR) is 76.4 cm³/mol. The van der Waals surface area contributed by atoms with E-state index in [0.29, 0.717) is 11.8 Å². The number of aromatic nitrogens is 1. The van der Waals surface area contributed by atoms with Crippen LogP contribution >= 0.6 is 0 Å². The SMILES string of the molecule is Cc1cncc(C2CC(C(C)C)CCC2CN)c1. The number of hydrogen-bond acceptors (Lipinski definition) is 2. The summed E-state index contributed by atoms with van der Waals surface area (Å²) < 4.78 is 0. The van der Waals surface area contributed by atoms with Crippen LogP contribution < -0.4 is 5.73 Å². The maximum atomic E-state index is 5.97. The zero-order valence-corrected chi connectivity index (χ0v) is 11.9. The molecule has 18 heavy (non-hydrogen) atoms. The van der Waals surface area contributed by atoms with Crippen molar-refractivity contribution in [2.24, 2.45) is 23.5 Å². The van der Waals surface area contributed by atoms with Gasteiger partial charge in [-0.1, -0.05) is 19.9 Å². The van der Waals surface area contributed by atoms with E-state index < -0.39 is 0 Å². The van der Waals surface area contributed by atoms with Crippen LogP contribution in [0.25, 0.3) is 0 Å². The zero-order valence-electron chi connectivity index (χ0n) is 11.9. The molecule has 1 saturated carbocycles. The van der Waals surface area contributed by atoms with Crippen LogP contribution in [0.4, 0.5) is 0 Å². The fraction of sp³-hybridized carbons (Fsp3) is 0.688. The first-order valence-electron chi connectivity index (χ1n) is 7.23. The number of pyridine rings is 1. The van der Waals surface area contributed by atoms with Gasteiger partial charge in [-0.25, -0.2) is 0 Å². The average Bonchev–Trinajstić information content (AvgIpc) is 2.38. The maximum absolute atomic E-state index is 5.97. The molecule has 3 atom stereocenters. The van der Waals surface area contributed by atoms with Gasteiger partial charge in [0.1, 0.15) is 0 Å². The van der Waals surface area contributed by atoms with E-state index in [-0.39, 0.29) is 0 Å². The second-order valence-electron chi connectivity index (χ2n) is 6.22. The van der Waals surface area contributed by atoms with Crippen molar-refractivity contribution in [2.45, 2.75) is 46.0 Å². The lowest BCUT2D eigenvalue weighted by atomic mass is 9.68. The van der Waals surface area contributed by atoms with Crippen molar-refractivity contribution in [2.75, 3.05) is 6.54 Å². The number of nitrogens with zero attached hydrogens (tertiary/aromatic N) is 1. The first-order valence-corrected chi connectivity index (χ1v) is 7.23. The van der Waals surface area contributed by atoms with Crippen molar-refractivity contribution in [1.82, 2.24) is 4.98 Å². The van der Waals surface area contributed by atoms with Gasteiger partial charge in [-0.3, -0.25) is 4.98 Å². The third kappa shape index (κ3) is 2.92. The molecule has 0 saturated heterocycles. The average molecular weight is 246 g/mol. The van der Waals surface area contributed by atoms with Crippen LogP contribution in [0.5, 0.6) is 0 Å². The lowest BCUT2D eigenvalue weighted by Crippen LogP contribution is -2.30. The normalized spacial score (nSPS) is 28.6. The van der Waals surface area contributed by atoms with Crippen LogP contribution in [0.2, 0.25) is 0 Å². The van der Waals surface area contributed by atoms with Crippen LogP contribution in [0.3, 0.4) is 0 Å². The van der Waals surface area contributed by atoms with E-state index >= 15 is 0 Å². The zero-order chi connectivity index (χ0) is 13.1. The molecule has 0 aliphatic heterocycles. The van der Waals surface area contributed by atoms with Gasteiger partial charge in [0.25, 0.3) is 0 Å². The summed E-state index contributed by atoms with van der Waals surface area (Å²) in [5.41, 5.74) is 8.63. The quantitative estimate of drug-likeness (QED) is 0.886. The summed E-state index contributed by atoms with van der Waals surface area (Å²) in [6.45, 7) is 7.62. The molecule has 1 aliphatic rings. The lowest BCUT2D eigenvalue weighted by Gasteiger charge is -2.37.